The van der Waals surface area contributed by atoms with Gasteiger partial charge in [-0.05, 0) is 18.2 Å². The topological polar surface area (TPSA) is 76.6 Å². The minimum absolute atomic E-state index is 0.181. The summed E-state index contributed by atoms with van der Waals surface area (Å²) < 4.78 is 10.5. The van der Waals surface area contributed by atoms with Crippen LogP contribution in [0.15, 0.2) is 30.6 Å². The smallest absolute Gasteiger partial charge is 0.255 e. The van der Waals surface area contributed by atoms with Crippen LogP contribution in [0.25, 0.3) is 0 Å². The Hall–Kier alpha value is -2.83. The molecule has 1 aromatic carbocycles. The van der Waals surface area contributed by atoms with Crippen molar-refractivity contribution in [2.24, 2.45) is 0 Å². The Labute approximate surface area is 121 Å². The van der Waals surface area contributed by atoms with E-state index in [1.165, 1.54) is 0 Å². The van der Waals surface area contributed by atoms with Gasteiger partial charge in [0.05, 0.1) is 18.1 Å². The molecule has 0 saturated carbocycles. The normalized spacial score (nSPS) is 12.1. The van der Waals surface area contributed by atoms with Crippen molar-refractivity contribution in [3.05, 3.63) is 36.2 Å². The van der Waals surface area contributed by atoms with Crippen molar-refractivity contribution in [3.8, 4) is 11.5 Å². The number of rotatable bonds is 3. The number of aromatic nitrogens is 2. The lowest BCUT2D eigenvalue weighted by Crippen LogP contribution is -2.15. The van der Waals surface area contributed by atoms with Gasteiger partial charge in [0.2, 0.25) is 12.7 Å². The maximum absolute atomic E-state index is 12.2. The van der Waals surface area contributed by atoms with E-state index in [2.05, 4.69) is 15.3 Å². The van der Waals surface area contributed by atoms with Crippen LogP contribution in [-0.2, 0) is 0 Å². The average Bonchev–Trinajstić information content (AvgIpc) is 2.95. The summed E-state index contributed by atoms with van der Waals surface area (Å²) >= 11 is 0. The number of nitrogens with one attached hydrogen (secondary N) is 1. The molecular weight excluding hydrogens is 272 g/mol. The predicted molar refractivity (Wildman–Crippen MR) is 76.9 cm³/mol. The largest absolute Gasteiger partial charge is 0.454 e. The summed E-state index contributed by atoms with van der Waals surface area (Å²) in [6.07, 6.45) is 3.13. The molecule has 108 valence electrons. The Morgan fingerprint density at radius 1 is 1.19 bits per heavy atom. The lowest BCUT2D eigenvalue weighted by molar-refractivity contribution is 0.102. The highest BCUT2D eigenvalue weighted by Gasteiger charge is 2.16. The summed E-state index contributed by atoms with van der Waals surface area (Å²) in [5.74, 6) is 1.54. The Bertz CT molecular complexity index is 670. The highest BCUT2D eigenvalue weighted by Crippen LogP contribution is 2.32. The molecule has 1 aliphatic heterocycles. The standard InChI is InChI=1S/C14H14N4O3/c1-18(2)14-15-6-10(7-16-14)17-13(19)9-3-4-11-12(5-9)21-8-20-11/h3-7H,8H2,1-2H3,(H,17,19). The highest BCUT2D eigenvalue weighted by atomic mass is 16.7. The van der Waals surface area contributed by atoms with E-state index in [4.69, 9.17) is 9.47 Å². The van der Waals surface area contributed by atoms with Gasteiger partial charge in [0.25, 0.3) is 5.91 Å². The lowest BCUT2D eigenvalue weighted by Gasteiger charge is -2.10. The lowest BCUT2D eigenvalue weighted by atomic mass is 10.2. The third kappa shape index (κ3) is 2.71. The van der Waals surface area contributed by atoms with Crippen LogP contribution in [0.3, 0.4) is 0 Å². The van der Waals surface area contributed by atoms with Gasteiger partial charge in [-0.2, -0.15) is 0 Å². The first kappa shape index (κ1) is 13.2. The SMILES string of the molecule is CN(C)c1ncc(NC(=O)c2ccc3c(c2)OCO3)cn1. The van der Waals surface area contributed by atoms with Gasteiger partial charge in [-0.15, -0.1) is 0 Å². The minimum Gasteiger partial charge on any atom is -0.454 e. The molecule has 0 atom stereocenters. The van der Waals surface area contributed by atoms with Crippen LogP contribution in [0.5, 0.6) is 11.5 Å². The summed E-state index contributed by atoms with van der Waals surface area (Å²) in [6.45, 7) is 0.181. The third-order valence-electron chi connectivity index (χ3n) is 2.93. The van der Waals surface area contributed by atoms with Gasteiger partial charge < -0.3 is 19.7 Å². The number of nitrogens with zero attached hydrogens (tertiary/aromatic N) is 3. The van der Waals surface area contributed by atoms with Crippen LogP contribution in [0.2, 0.25) is 0 Å². The quantitative estimate of drug-likeness (QED) is 0.922. The van der Waals surface area contributed by atoms with Gasteiger partial charge in [-0.25, -0.2) is 9.97 Å². The van der Waals surface area contributed by atoms with Crippen LogP contribution in [-0.4, -0.2) is 36.8 Å². The number of carbonyl (C=O) groups is 1. The molecule has 0 spiro atoms. The van der Waals surface area contributed by atoms with E-state index in [0.29, 0.717) is 28.7 Å². The maximum Gasteiger partial charge on any atom is 0.255 e. The zero-order valence-electron chi connectivity index (χ0n) is 11.7. The van der Waals surface area contributed by atoms with Crippen molar-refractivity contribution in [1.82, 2.24) is 9.97 Å². The van der Waals surface area contributed by atoms with Crippen molar-refractivity contribution >= 4 is 17.5 Å². The molecule has 0 radical (unpaired) electrons. The molecule has 1 aromatic heterocycles. The fourth-order valence-corrected chi connectivity index (χ4v) is 1.86. The van der Waals surface area contributed by atoms with Crippen molar-refractivity contribution in [1.29, 1.82) is 0 Å². The fraction of sp³-hybridized carbons (Fsp3) is 0.214. The second-order valence-corrected chi connectivity index (χ2v) is 4.69. The van der Waals surface area contributed by atoms with Crippen LogP contribution < -0.4 is 19.7 Å². The first-order valence-electron chi connectivity index (χ1n) is 6.34. The average molecular weight is 286 g/mol. The Morgan fingerprint density at radius 2 is 1.90 bits per heavy atom. The zero-order chi connectivity index (χ0) is 14.8. The van der Waals surface area contributed by atoms with E-state index in [1.807, 2.05) is 14.1 Å². The molecule has 0 saturated heterocycles. The number of hydrogen-bond acceptors (Lipinski definition) is 6. The Morgan fingerprint density at radius 3 is 2.62 bits per heavy atom. The van der Waals surface area contributed by atoms with Gasteiger partial charge in [0.15, 0.2) is 11.5 Å². The fourth-order valence-electron chi connectivity index (χ4n) is 1.86. The van der Waals surface area contributed by atoms with Gasteiger partial charge in [-0.3, -0.25) is 4.79 Å². The Balaban J connectivity index is 1.74. The molecular formula is C14H14N4O3. The minimum atomic E-state index is -0.255. The molecule has 0 unspecified atom stereocenters. The molecule has 2 heterocycles. The molecule has 0 aliphatic carbocycles. The van der Waals surface area contributed by atoms with E-state index in [0.717, 1.165) is 0 Å². The second-order valence-electron chi connectivity index (χ2n) is 4.69. The number of benzene rings is 1. The van der Waals surface area contributed by atoms with Crippen LogP contribution >= 0.6 is 0 Å². The van der Waals surface area contributed by atoms with E-state index in [9.17, 15) is 4.79 Å². The summed E-state index contributed by atoms with van der Waals surface area (Å²) in [6, 6.07) is 5.04. The predicted octanol–water partition coefficient (Wildman–Crippen LogP) is 1.52. The van der Waals surface area contributed by atoms with Crippen LogP contribution in [0.4, 0.5) is 11.6 Å². The number of hydrogen-bond donors (Lipinski definition) is 1. The van der Waals surface area contributed by atoms with Crippen molar-refractivity contribution < 1.29 is 14.3 Å². The Kier molecular flexibility index (Phi) is 3.31. The summed E-state index contributed by atoms with van der Waals surface area (Å²) in [5, 5.41) is 2.74. The monoisotopic (exact) mass is 286 g/mol. The second kappa shape index (κ2) is 5.28. The van der Waals surface area contributed by atoms with E-state index < -0.39 is 0 Å². The van der Waals surface area contributed by atoms with Gasteiger partial charge in [-0.1, -0.05) is 0 Å². The number of carbonyl (C=O) groups excluding carboxylic acids is 1. The van der Waals surface area contributed by atoms with E-state index >= 15 is 0 Å². The van der Waals surface area contributed by atoms with Crippen LogP contribution in [0.1, 0.15) is 10.4 Å². The first-order valence-corrected chi connectivity index (χ1v) is 6.34. The highest BCUT2D eigenvalue weighted by molar-refractivity contribution is 6.04. The van der Waals surface area contributed by atoms with Gasteiger partial charge in [0, 0.05) is 19.7 Å². The summed E-state index contributed by atoms with van der Waals surface area (Å²) in [5.41, 5.74) is 1.01. The molecule has 0 fully saturated rings. The third-order valence-corrected chi connectivity index (χ3v) is 2.93. The first-order chi connectivity index (χ1) is 10.1. The number of ether oxygens (including phenoxy) is 2. The van der Waals surface area contributed by atoms with Crippen molar-refractivity contribution in [2.45, 2.75) is 0 Å². The summed E-state index contributed by atoms with van der Waals surface area (Å²) in [4.78, 5) is 22.2. The van der Waals surface area contributed by atoms with E-state index in [1.54, 1.807) is 35.5 Å². The van der Waals surface area contributed by atoms with Gasteiger partial charge >= 0.3 is 0 Å². The van der Waals surface area contributed by atoms with Crippen molar-refractivity contribution in [3.63, 3.8) is 0 Å². The van der Waals surface area contributed by atoms with Crippen LogP contribution in [0, 0.1) is 0 Å². The molecule has 21 heavy (non-hydrogen) atoms. The summed E-state index contributed by atoms with van der Waals surface area (Å²) in [7, 11) is 3.69. The maximum atomic E-state index is 12.2. The molecule has 1 amide bonds. The molecule has 2 aromatic rings. The number of fused-ring (bicyclic) bond motifs is 1. The van der Waals surface area contributed by atoms with E-state index in [-0.39, 0.29) is 12.7 Å². The number of amides is 1. The van der Waals surface area contributed by atoms with Crippen molar-refractivity contribution in [2.75, 3.05) is 31.1 Å². The molecule has 3 rings (SSSR count). The van der Waals surface area contributed by atoms with Gasteiger partial charge in [0.1, 0.15) is 0 Å². The zero-order valence-corrected chi connectivity index (χ0v) is 11.7. The number of anilines is 2. The molecule has 1 N–H and O–H groups in total. The molecule has 7 nitrogen and oxygen atoms in total. The molecule has 0 bridgehead atoms. The molecule has 7 heteroatoms. The molecule has 1 aliphatic rings.